The van der Waals surface area contributed by atoms with E-state index < -0.39 is 0 Å². The van der Waals surface area contributed by atoms with Crippen LogP contribution >= 0.6 is 0 Å². The fraction of sp³-hybridized carbons (Fsp3) is 0.550. The highest BCUT2D eigenvalue weighted by Gasteiger charge is 2.54. The van der Waals surface area contributed by atoms with Crippen LogP contribution in [-0.4, -0.2) is 44.2 Å². The van der Waals surface area contributed by atoms with Gasteiger partial charge in [-0.05, 0) is 66.7 Å². The van der Waals surface area contributed by atoms with Crippen LogP contribution in [0.5, 0.6) is 0 Å². The second-order valence-electron chi connectivity index (χ2n) is 7.96. The van der Waals surface area contributed by atoms with Crippen molar-refractivity contribution in [2.24, 2.45) is 11.8 Å². The Kier molecular flexibility index (Phi) is 5.21. The van der Waals surface area contributed by atoms with Gasteiger partial charge in [0.25, 0.3) is 0 Å². The molecule has 1 amide bonds. The maximum Gasteiger partial charge on any atom is 0.243 e. The number of nitrogens with one attached hydrogen (secondary N) is 2. The summed E-state index contributed by atoms with van der Waals surface area (Å²) in [4.78, 5) is 16.0. The van der Waals surface area contributed by atoms with Gasteiger partial charge in [0, 0.05) is 37.4 Å². The van der Waals surface area contributed by atoms with Crippen LogP contribution in [0.3, 0.4) is 0 Å². The molecule has 4 rings (SSSR count). The summed E-state index contributed by atoms with van der Waals surface area (Å²) < 4.78 is 1.96. The lowest BCUT2D eigenvalue weighted by Gasteiger charge is -2.30. The molecule has 0 aromatic carbocycles. The number of nitrogens with zero attached hydrogens (tertiary/aromatic N) is 5. The molecule has 0 radical (unpaired) electrons. The Morgan fingerprint density at radius 1 is 1.39 bits per heavy atom. The molecule has 28 heavy (non-hydrogen) atoms. The number of tetrazole rings is 1. The minimum atomic E-state index is -0.389. The molecule has 2 aromatic rings. The first-order valence-electron chi connectivity index (χ1n) is 9.94. The third-order valence-electron chi connectivity index (χ3n) is 5.83. The van der Waals surface area contributed by atoms with Crippen LogP contribution in [0.4, 0.5) is 0 Å². The van der Waals surface area contributed by atoms with Crippen molar-refractivity contribution in [1.82, 2.24) is 35.8 Å². The molecule has 148 valence electrons. The number of carbonyl (C=O) groups is 1. The van der Waals surface area contributed by atoms with Crippen molar-refractivity contribution in [3.8, 4) is 0 Å². The van der Waals surface area contributed by atoms with E-state index in [0.717, 1.165) is 24.5 Å². The van der Waals surface area contributed by atoms with Gasteiger partial charge < -0.3 is 10.6 Å². The molecular weight excluding hydrogens is 354 g/mol. The van der Waals surface area contributed by atoms with E-state index in [0.29, 0.717) is 30.8 Å². The van der Waals surface area contributed by atoms with Gasteiger partial charge in [0.1, 0.15) is 0 Å². The minimum Gasteiger partial charge on any atom is -0.351 e. The molecule has 1 unspecified atom stereocenters. The van der Waals surface area contributed by atoms with Gasteiger partial charge in [-0.3, -0.25) is 9.78 Å². The predicted molar refractivity (Wildman–Crippen MR) is 104 cm³/mol. The van der Waals surface area contributed by atoms with E-state index in [1.165, 1.54) is 18.9 Å². The molecule has 2 heterocycles. The van der Waals surface area contributed by atoms with E-state index in [2.05, 4.69) is 50.7 Å². The zero-order chi connectivity index (χ0) is 19.6. The van der Waals surface area contributed by atoms with Gasteiger partial charge in [-0.15, -0.1) is 5.10 Å². The largest absolute Gasteiger partial charge is 0.351 e. The monoisotopic (exact) mass is 381 g/mol. The molecule has 2 N–H and O–H groups in total. The van der Waals surface area contributed by atoms with Crippen LogP contribution < -0.4 is 10.6 Å². The van der Waals surface area contributed by atoms with Crippen LogP contribution in [-0.2, 0) is 16.9 Å². The molecule has 0 aliphatic heterocycles. The number of amides is 1. The quantitative estimate of drug-likeness (QED) is 0.477. The van der Waals surface area contributed by atoms with E-state index in [-0.39, 0.29) is 11.4 Å². The van der Waals surface area contributed by atoms with E-state index in [4.69, 9.17) is 0 Å². The summed E-state index contributed by atoms with van der Waals surface area (Å²) in [6.07, 6.45) is 6.66. The summed E-state index contributed by atoms with van der Waals surface area (Å²) >= 11 is 0. The maximum atomic E-state index is 11.4. The standard InChI is InChI=1S/C20H27N7O/c1-3-18(28)22-10-11-23-20(2,16-12-15(16)17-6-4-5-9-21-17)19-24-25-26-27(19)13-14-7-8-14/h3-6,9,14-16,23H,1,7-8,10-13H2,2H3,(H,22,28)/t15-,16-,20?/m1/s1. The SMILES string of the molecule is C=CC(=O)NCCNC(C)(c1nnnn1CC1CC1)[C@@H]1C[C@H]1c1ccccn1. The zero-order valence-corrected chi connectivity index (χ0v) is 16.2. The van der Waals surface area contributed by atoms with Crippen LogP contribution in [0.1, 0.15) is 43.6 Å². The number of hydrogen-bond donors (Lipinski definition) is 2. The lowest BCUT2D eigenvalue weighted by Crippen LogP contribution is -2.47. The van der Waals surface area contributed by atoms with Crippen molar-refractivity contribution < 1.29 is 4.79 Å². The van der Waals surface area contributed by atoms with Gasteiger partial charge in [-0.1, -0.05) is 12.6 Å². The molecule has 2 fully saturated rings. The molecule has 2 aromatic heterocycles. The number of pyridine rings is 1. The Labute approximate surface area is 164 Å². The lowest BCUT2D eigenvalue weighted by atomic mass is 9.92. The highest BCUT2D eigenvalue weighted by molar-refractivity contribution is 5.86. The first-order valence-corrected chi connectivity index (χ1v) is 9.94. The van der Waals surface area contributed by atoms with E-state index in [1.807, 2.05) is 23.0 Å². The Morgan fingerprint density at radius 3 is 2.96 bits per heavy atom. The van der Waals surface area contributed by atoms with Gasteiger partial charge in [0.2, 0.25) is 5.91 Å². The smallest absolute Gasteiger partial charge is 0.243 e. The predicted octanol–water partition coefficient (Wildman–Crippen LogP) is 1.39. The number of hydrogen-bond acceptors (Lipinski definition) is 6. The van der Waals surface area contributed by atoms with Gasteiger partial charge in [-0.25, -0.2) is 4.68 Å². The van der Waals surface area contributed by atoms with E-state index >= 15 is 0 Å². The van der Waals surface area contributed by atoms with Crippen molar-refractivity contribution >= 4 is 5.91 Å². The van der Waals surface area contributed by atoms with Crippen molar-refractivity contribution in [1.29, 1.82) is 0 Å². The summed E-state index contributed by atoms with van der Waals surface area (Å²) in [7, 11) is 0. The fourth-order valence-electron chi connectivity index (χ4n) is 3.96. The summed E-state index contributed by atoms with van der Waals surface area (Å²) in [5, 5.41) is 19.1. The zero-order valence-electron chi connectivity index (χ0n) is 16.2. The minimum absolute atomic E-state index is 0.167. The van der Waals surface area contributed by atoms with Crippen LogP contribution in [0.2, 0.25) is 0 Å². The van der Waals surface area contributed by atoms with Gasteiger partial charge >= 0.3 is 0 Å². The molecule has 8 heteroatoms. The number of carbonyl (C=O) groups excluding carboxylic acids is 1. The molecule has 3 atom stereocenters. The molecular formula is C20H27N7O. The first kappa shape index (κ1) is 18.7. The van der Waals surface area contributed by atoms with E-state index in [1.54, 1.807) is 0 Å². The molecule has 8 nitrogen and oxygen atoms in total. The van der Waals surface area contributed by atoms with Crippen LogP contribution in [0.15, 0.2) is 37.1 Å². The molecule has 0 spiro atoms. The molecule has 0 saturated heterocycles. The highest BCUT2D eigenvalue weighted by atomic mass is 16.1. The summed E-state index contributed by atoms with van der Waals surface area (Å²) in [5.74, 6) is 2.12. The topological polar surface area (TPSA) is 97.6 Å². The first-order chi connectivity index (χ1) is 13.6. The second kappa shape index (κ2) is 7.79. The van der Waals surface area contributed by atoms with Crippen molar-refractivity contribution in [3.05, 3.63) is 48.6 Å². The molecule has 2 saturated carbocycles. The normalized spacial score (nSPS) is 23.0. The fourth-order valence-corrected chi connectivity index (χ4v) is 3.96. The van der Waals surface area contributed by atoms with Crippen LogP contribution in [0, 0.1) is 11.8 Å². The second-order valence-corrected chi connectivity index (χ2v) is 7.96. The van der Waals surface area contributed by atoms with Gasteiger partial charge in [0.15, 0.2) is 5.82 Å². The molecule has 0 bridgehead atoms. The third kappa shape index (κ3) is 3.96. The Hall–Kier alpha value is -2.61. The number of rotatable bonds is 10. The maximum absolute atomic E-state index is 11.4. The summed E-state index contributed by atoms with van der Waals surface area (Å²) in [6.45, 7) is 7.67. The average Bonchev–Trinajstić information content (AvgIpc) is 3.63. The van der Waals surface area contributed by atoms with Gasteiger partial charge in [-0.2, -0.15) is 0 Å². The molecule has 2 aliphatic carbocycles. The Morgan fingerprint density at radius 2 is 2.25 bits per heavy atom. The third-order valence-corrected chi connectivity index (χ3v) is 5.83. The Balaban J connectivity index is 1.52. The van der Waals surface area contributed by atoms with Crippen molar-refractivity contribution in [2.45, 2.75) is 44.2 Å². The van der Waals surface area contributed by atoms with Crippen molar-refractivity contribution in [2.75, 3.05) is 13.1 Å². The molecule has 2 aliphatic rings. The average molecular weight is 381 g/mol. The number of aromatic nitrogens is 5. The highest BCUT2D eigenvalue weighted by Crippen LogP contribution is 2.55. The summed E-state index contributed by atoms with van der Waals surface area (Å²) in [6, 6.07) is 6.06. The van der Waals surface area contributed by atoms with E-state index in [9.17, 15) is 4.79 Å². The summed E-state index contributed by atoms with van der Waals surface area (Å²) in [5.41, 5.74) is 0.723. The van der Waals surface area contributed by atoms with Gasteiger partial charge in [0.05, 0.1) is 5.54 Å². The lowest BCUT2D eigenvalue weighted by molar-refractivity contribution is -0.116. The Bertz CT molecular complexity index is 832. The van der Waals surface area contributed by atoms with Crippen LogP contribution in [0.25, 0.3) is 0 Å². The van der Waals surface area contributed by atoms with Crippen molar-refractivity contribution in [3.63, 3.8) is 0 Å².